The van der Waals surface area contributed by atoms with Crippen LogP contribution in [-0.4, -0.2) is 17.5 Å². The van der Waals surface area contributed by atoms with E-state index < -0.39 is 0 Å². The van der Waals surface area contributed by atoms with Gasteiger partial charge in [0.25, 0.3) is 0 Å². The minimum absolute atomic E-state index is 0.0893. The number of hydrogen-bond donors (Lipinski definition) is 1. The van der Waals surface area contributed by atoms with Crippen molar-refractivity contribution in [2.24, 2.45) is 10.6 Å². The summed E-state index contributed by atoms with van der Waals surface area (Å²) in [4.78, 5) is 0. The van der Waals surface area contributed by atoms with Crippen LogP contribution in [0.3, 0.4) is 0 Å². The molecule has 3 nitrogen and oxygen atoms in total. The molecular formula is C14H17IN2OS. The third-order valence-corrected chi connectivity index (χ3v) is 6.44. The lowest BCUT2D eigenvalue weighted by atomic mass is 9.76. The highest BCUT2D eigenvalue weighted by Crippen LogP contribution is 2.47. The predicted molar refractivity (Wildman–Crippen MR) is 89.2 cm³/mol. The SMILES string of the molecule is O/N=C1\CCCC12CCN(SI)c1ccccc1C2. The van der Waals surface area contributed by atoms with E-state index in [1.165, 1.54) is 11.3 Å². The van der Waals surface area contributed by atoms with Crippen LogP contribution in [0.25, 0.3) is 0 Å². The molecule has 2 aliphatic rings. The van der Waals surface area contributed by atoms with Gasteiger partial charge in [0.2, 0.25) is 0 Å². The summed E-state index contributed by atoms with van der Waals surface area (Å²) in [5, 5.41) is 12.9. The van der Waals surface area contributed by atoms with Gasteiger partial charge >= 0.3 is 0 Å². The molecule has 0 amide bonds. The van der Waals surface area contributed by atoms with E-state index >= 15 is 0 Å². The van der Waals surface area contributed by atoms with E-state index in [4.69, 9.17) is 0 Å². The van der Waals surface area contributed by atoms with E-state index in [1.54, 1.807) is 9.12 Å². The highest BCUT2D eigenvalue weighted by molar-refractivity contribution is 14.2. The topological polar surface area (TPSA) is 35.8 Å². The first kappa shape index (κ1) is 13.5. The number of oxime groups is 1. The molecule has 1 aromatic rings. The van der Waals surface area contributed by atoms with Gasteiger partial charge in [0, 0.05) is 42.3 Å². The van der Waals surface area contributed by atoms with Gasteiger partial charge in [0.05, 0.1) is 11.4 Å². The Morgan fingerprint density at radius 1 is 1.32 bits per heavy atom. The molecule has 1 spiro atoms. The minimum atomic E-state index is 0.0893. The molecule has 1 atom stereocenters. The highest BCUT2D eigenvalue weighted by Gasteiger charge is 2.42. The average Bonchev–Trinajstić information content (AvgIpc) is 2.75. The van der Waals surface area contributed by atoms with Crippen molar-refractivity contribution in [1.29, 1.82) is 0 Å². The van der Waals surface area contributed by atoms with Crippen molar-refractivity contribution >= 4 is 41.7 Å². The molecule has 1 saturated carbocycles. The maximum Gasteiger partial charge on any atom is 0.0636 e. The fourth-order valence-corrected chi connectivity index (χ4v) is 5.12. The molecule has 1 heterocycles. The minimum Gasteiger partial charge on any atom is -0.411 e. The normalized spacial score (nSPS) is 28.7. The molecule has 1 aromatic carbocycles. The summed E-state index contributed by atoms with van der Waals surface area (Å²) in [7, 11) is 1.75. The van der Waals surface area contributed by atoms with Crippen LogP contribution in [-0.2, 0) is 6.42 Å². The molecule has 0 saturated heterocycles. The van der Waals surface area contributed by atoms with Gasteiger partial charge in [-0.15, -0.1) is 0 Å². The molecule has 0 radical (unpaired) electrons. The number of fused-ring (bicyclic) bond motifs is 1. The Morgan fingerprint density at radius 3 is 2.95 bits per heavy atom. The molecule has 5 heteroatoms. The van der Waals surface area contributed by atoms with Crippen LogP contribution in [0.5, 0.6) is 0 Å². The Bertz CT molecular complexity index is 508. The van der Waals surface area contributed by atoms with Crippen LogP contribution < -0.4 is 4.31 Å². The molecule has 1 aliphatic heterocycles. The predicted octanol–water partition coefficient (Wildman–Crippen LogP) is 4.44. The quantitative estimate of drug-likeness (QED) is 0.335. The fourth-order valence-electron chi connectivity index (χ4n) is 3.48. The van der Waals surface area contributed by atoms with Gasteiger partial charge in [-0.05, 0) is 43.7 Å². The second kappa shape index (κ2) is 5.52. The Morgan fingerprint density at radius 2 is 2.16 bits per heavy atom. The summed E-state index contributed by atoms with van der Waals surface area (Å²) >= 11 is 2.35. The van der Waals surface area contributed by atoms with E-state index in [2.05, 4.69) is 54.9 Å². The maximum atomic E-state index is 9.31. The summed E-state index contributed by atoms with van der Waals surface area (Å²) in [6.07, 6.45) is 5.35. The third-order valence-electron chi connectivity index (χ3n) is 4.47. The Balaban J connectivity index is 2.02. The summed E-state index contributed by atoms with van der Waals surface area (Å²) in [5.41, 5.74) is 3.81. The van der Waals surface area contributed by atoms with Gasteiger partial charge in [0.15, 0.2) is 0 Å². The Kier molecular flexibility index (Phi) is 3.93. The number of nitrogens with zero attached hydrogens (tertiary/aromatic N) is 2. The van der Waals surface area contributed by atoms with Gasteiger partial charge in [-0.2, -0.15) is 0 Å². The lowest BCUT2D eigenvalue weighted by Crippen LogP contribution is -2.30. The van der Waals surface area contributed by atoms with Crippen LogP contribution in [0.1, 0.15) is 31.2 Å². The van der Waals surface area contributed by atoms with E-state index in [-0.39, 0.29) is 5.41 Å². The molecule has 1 N–H and O–H groups in total. The van der Waals surface area contributed by atoms with Crippen LogP contribution >= 0.6 is 30.3 Å². The lowest BCUT2D eigenvalue weighted by molar-refractivity contribution is 0.301. The van der Waals surface area contributed by atoms with E-state index in [0.29, 0.717) is 0 Å². The third kappa shape index (κ3) is 2.35. The number of para-hydroxylation sites is 1. The zero-order chi connectivity index (χ0) is 13.3. The molecule has 3 rings (SSSR count). The molecule has 0 bridgehead atoms. The molecule has 102 valence electrons. The van der Waals surface area contributed by atoms with Gasteiger partial charge in [-0.25, -0.2) is 0 Å². The molecule has 1 unspecified atom stereocenters. The standard InChI is InChI=1S/C14H17IN2OS/c15-19-17-9-8-14(7-3-6-13(14)16-18)10-11-4-1-2-5-12(11)17/h1-2,4-5,18H,3,6-10H2/b16-13+. The smallest absolute Gasteiger partial charge is 0.0636 e. The van der Waals surface area contributed by atoms with Crippen LogP contribution in [0.15, 0.2) is 29.4 Å². The van der Waals surface area contributed by atoms with Crippen molar-refractivity contribution in [2.45, 2.75) is 32.1 Å². The molecule has 0 aromatic heterocycles. The van der Waals surface area contributed by atoms with Crippen molar-refractivity contribution < 1.29 is 5.21 Å². The number of benzene rings is 1. The monoisotopic (exact) mass is 388 g/mol. The van der Waals surface area contributed by atoms with Gasteiger partial charge in [-0.3, -0.25) is 0 Å². The molecular weight excluding hydrogens is 371 g/mol. The van der Waals surface area contributed by atoms with E-state index in [1.807, 2.05) is 0 Å². The average molecular weight is 388 g/mol. The summed E-state index contributed by atoms with van der Waals surface area (Å²) in [6.45, 7) is 1.02. The first-order valence-electron chi connectivity index (χ1n) is 6.65. The summed E-state index contributed by atoms with van der Waals surface area (Å²) in [6, 6.07) is 8.63. The second-order valence-corrected chi connectivity index (χ2v) is 7.17. The van der Waals surface area contributed by atoms with Gasteiger partial charge in [-0.1, -0.05) is 23.4 Å². The number of hydrogen-bond acceptors (Lipinski definition) is 4. The van der Waals surface area contributed by atoms with Crippen LogP contribution in [0.4, 0.5) is 5.69 Å². The zero-order valence-electron chi connectivity index (χ0n) is 10.7. The maximum absolute atomic E-state index is 9.31. The van der Waals surface area contributed by atoms with Crippen molar-refractivity contribution in [3.8, 4) is 0 Å². The fraction of sp³-hybridized carbons (Fsp3) is 0.500. The van der Waals surface area contributed by atoms with Crippen molar-refractivity contribution in [2.75, 3.05) is 10.8 Å². The van der Waals surface area contributed by atoms with Crippen LogP contribution in [0.2, 0.25) is 0 Å². The van der Waals surface area contributed by atoms with Crippen molar-refractivity contribution in [1.82, 2.24) is 0 Å². The number of anilines is 1. The Hall–Kier alpha value is -0.430. The number of halogens is 1. The number of rotatable bonds is 1. The lowest BCUT2D eigenvalue weighted by Gasteiger charge is -2.27. The van der Waals surface area contributed by atoms with E-state index in [9.17, 15) is 5.21 Å². The summed E-state index contributed by atoms with van der Waals surface area (Å²) in [5.74, 6) is 0. The van der Waals surface area contributed by atoms with E-state index in [0.717, 1.165) is 44.4 Å². The zero-order valence-corrected chi connectivity index (χ0v) is 13.7. The van der Waals surface area contributed by atoms with Gasteiger partial charge in [0.1, 0.15) is 0 Å². The summed E-state index contributed by atoms with van der Waals surface area (Å²) < 4.78 is 2.36. The van der Waals surface area contributed by atoms with Crippen molar-refractivity contribution in [3.63, 3.8) is 0 Å². The van der Waals surface area contributed by atoms with Gasteiger partial charge < -0.3 is 9.51 Å². The molecule has 19 heavy (non-hydrogen) atoms. The molecule has 1 aliphatic carbocycles. The largest absolute Gasteiger partial charge is 0.411 e. The second-order valence-electron chi connectivity index (χ2n) is 5.41. The Labute approximate surface area is 130 Å². The first-order valence-corrected chi connectivity index (χ1v) is 9.96. The van der Waals surface area contributed by atoms with Crippen LogP contribution in [0, 0.1) is 5.41 Å². The highest BCUT2D eigenvalue weighted by atomic mass is 127. The molecule has 1 fully saturated rings. The first-order chi connectivity index (χ1) is 9.29. The van der Waals surface area contributed by atoms with Crippen molar-refractivity contribution in [3.05, 3.63) is 29.8 Å².